The van der Waals surface area contributed by atoms with Gasteiger partial charge in [0, 0.05) is 13.1 Å². The number of methoxy groups -OCH3 is 2. The first-order chi connectivity index (χ1) is 14.5. The first-order valence-corrected chi connectivity index (χ1v) is 9.66. The molecule has 0 spiro atoms. The summed E-state index contributed by atoms with van der Waals surface area (Å²) in [5, 5.41) is 2.60. The average Bonchev–Trinajstić information content (AvgIpc) is 3.36. The molecule has 1 aromatic heterocycles. The molecule has 0 radical (unpaired) electrons. The van der Waals surface area contributed by atoms with Crippen molar-refractivity contribution < 1.29 is 28.3 Å². The van der Waals surface area contributed by atoms with Crippen LogP contribution < -0.4 is 14.8 Å². The minimum absolute atomic E-state index is 0.0427. The number of imide groups is 1. The van der Waals surface area contributed by atoms with Gasteiger partial charge in [-0.1, -0.05) is 0 Å². The smallest absolute Gasteiger partial charge is 0.325 e. The molecular weight excluding hydrogens is 390 g/mol. The van der Waals surface area contributed by atoms with Crippen molar-refractivity contribution >= 4 is 17.8 Å². The summed E-state index contributed by atoms with van der Waals surface area (Å²) in [5.74, 6) is 1.16. The van der Waals surface area contributed by atoms with E-state index in [0.29, 0.717) is 36.8 Å². The van der Waals surface area contributed by atoms with E-state index in [1.54, 1.807) is 31.3 Å². The minimum atomic E-state index is -0.869. The molecule has 4 amide bonds. The third kappa shape index (κ3) is 3.70. The Bertz CT molecular complexity index is 971. The summed E-state index contributed by atoms with van der Waals surface area (Å²) in [7, 11) is 3.16. The Morgan fingerprint density at radius 2 is 1.93 bits per heavy atom. The number of rotatable bonds is 6. The van der Waals surface area contributed by atoms with Crippen molar-refractivity contribution in [1.29, 1.82) is 0 Å². The highest BCUT2D eigenvalue weighted by atomic mass is 16.5. The third-order valence-corrected chi connectivity index (χ3v) is 5.45. The molecular formula is C21H23N3O6. The van der Waals surface area contributed by atoms with Crippen molar-refractivity contribution in [3.8, 4) is 11.5 Å². The number of ether oxygens (including phenoxy) is 2. The third-order valence-electron chi connectivity index (χ3n) is 5.45. The monoisotopic (exact) mass is 413 g/mol. The highest BCUT2D eigenvalue weighted by molar-refractivity contribution is 6.05. The molecule has 1 N–H and O–H groups in total. The van der Waals surface area contributed by atoms with Crippen LogP contribution in [0.1, 0.15) is 23.3 Å². The van der Waals surface area contributed by atoms with Crippen LogP contribution in [-0.4, -0.2) is 54.5 Å². The molecule has 2 aliphatic heterocycles. The Hall–Kier alpha value is -3.49. The summed E-state index contributed by atoms with van der Waals surface area (Å²) in [6.45, 7) is 0.993. The highest BCUT2D eigenvalue weighted by Gasteiger charge is 2.40. The quantitative estimate of drug-likeness (QED) is 0.724. The first kappa shape index (κ1) is 19.8. The maximum atomic E-state index is 12.8. The standard InChI is InChI=1S/C21H23N3O6/c1-28-17-8-13-5-6-23(11-14(13)9-18(17)29-2)19(25)10-16-20(26)24(21(27)22-16)12-15-4-3-7-30-15/h3-4,7-9,16H,5-6,10-12H2,1-2H3,(H,22,27). The van der Waals surface area contributed by atoms with Crippen LogP contribution in [0.3, 0.4) is 0 Å². The Morgan fingerprint density at radius 1 is 1.20 bits per heavy atom. The molecule has 1 fully saturated rings. The van der Waals surface area contributed by atoms with Gasteiger partial charge in [0.05, 0.1) is 33.4 Å². The molecule has 1 atom stereocenters. The van der Waals surface area contributed by atoms with Gasteiger partial charge >= 0.3 is 6.03 Å². The minimum Gasteiger partial charge on any atom is -0.493 e. The number of nitrogens with one attached hydrogen (secondary N) is 1. The van der Waals surface area contributed by atoms with Crippen molar-refractivity contribution in [3.63, 3.8) is 0 Å². The first-order valence-electron chi connectivity index (χ1n) is 9.66. The van der Waals surface area contributed by atoms with E-state index >= 15 is 0 Å². The summed E-state index contributed by atoms with van der Waals surface area (Å²) in [4.78, 5) is 40.4. The van der Waals surface area contributed by atoms with Gasteiger partial charge in [-0.2, -0.15) is 0 Å². The second-order valence-electron chi connectivity index (χ2n) is 7.25. The molecule has 0 saturated carbocycles. The van der Waals surface area contributed by atoms with Crippen LogP contribution in [0.4, 0.5) is 4.79 Å². The molecule has 1 unspecified atom stereocenters. The molecule has 158 valence electrons. The number of benzene rings is 1. The number of nitrogens with zero attached hydrogens (tertiary/aromatic N) is 2. The van der Waals surface area contributed by atoms with Crippen molar-refractivity contribution in [2.45, 2.75) is 32.0 Å². The van der Waals surface area contributed by atoms with Crippen LogP contribution in [0, 0.1) is 0 Å². The maximum Gasteiger partial charge on any atom is 0.325 e. The Morgan fingerprint density at radius 3 is 2.60 bits per heavy atom. The van der Waals surface area contributed by atoms with Crippen LogP contribution in [0.25, 0.3) is 0 Å². The molecule has 0 aliphatic carbocycles. The average molecular weight is 413 g/mol. The zero-order valence-electron chi connectivity index (χ0n) is 16.8. The lowest BCUT2D eigenvalue weighted by molar-refractivity contribution is -0.136. The summed E-state index contributed by atoms with van der Waals surface area (Å²) < 4.78 is 15.9. The molecule has 1 aromatic carbocycles. The predicted octanol–water partition coefficient (Wildman–Crippen LogP) is 1.69. The lowest BCUT2D eigenvalue weighted by Gasteiger charge is -2.30. The summed E-state index contributed by atoms with van der Waals surface area (Å²) in [6, 6.07) is 5.80. The second-order valence-corrected chi connectivity index (χ2v) is 7.25. The van der Waals surface area contributed by atoms with Gasteiger partial charge < -0.3 is 24.1 Å². The molecule has 2 aliphatic rings. The van der Waals surface area contributed by atoms with Gasteiger partial charge in [-0.3, -0.25) is 14.5 Å². The van der Waals surface area contributed by atoms with E-state index in [1.165, 1.54) is 6.26 Å². The van der Waals surface area contributed by atoms with E-state index in [9.17, 15) is 14.4 Å². The fourth-order valence-electron chi connectivity index (χ4n) is 3.82. The lowest BCUT2D eigenvalue weighted by atomic mass is 9.98. The van der Waals surface area contributed by atoms with Crippen LogP contribution >= 0.6 is 0 Å². The van der Waals surface area contributed by atoms with E-state index in [-0.39, 0.29) is 18.9 Å². The molecule has 30 heavy (non-hydrogen) atoms. The van der Waals surface area contributed by atoms with E-state index < -0.39 is 18.0 Å². The van der Waals surface area contributed by atoms with Crippen LogP contribution in [0.15, 0.2) is 34.9 Å². The Kier molecular flexibility index (Phi) is 5.35. The largest absolute Gasteiger partial charge is 0.493 e. The molecule has 4 rings (SSSR count). The Labute approximate surface area is 173 Å². The summed E-state index contributed by atoms with van der Waals surface area (Å²) in [5.41, 5.74) is 2.08. The normalized spacial score (nSPS) is 18.3. The molecule has 0 bridgehead atoms. The molecule has 9 heteroatoms. The lowest BCUT2D eigenvalue weighted by Crippen LogP contribution is -2.41. The summed E-state index contributed by atoms with van der Waals surface area (Å²) in [6.07, 6.45) is 2.08. The molecule has 9 nitrogen and oxygen atoms in total. The van der Waals surface area contributed by atoms with Crippen molar-refractivity contribution in [2.75, 3.05) is 20.8 Å². The van der Waals surface area contributed by atoms with Gasteiger partial charge in [0.15, 0.2) is 11.5 Å². The number of carbonyl (C=O) groups excluding carboxylic acids is 3. The summed E-state index contributed by atoms with van der Waals surface area (Å²) >= 11 is 0. The molecule has 2 aromatic rings. The number of carbonyl (C=O) groups is 3. The van der Waals surface area contributed by atoms with Gasteiger partial charge in [0.1, 0.15) is 11.8 Å². The van der Waals surface area contributed by atoms with E-state index in [1.807, 2.05) is 12.1 Å². The molecule has 3 heterocycles. The van der Waals surface area contributed by atoms with Crippen LogP contribution in [0.2, 0.25) is 0 Å². The van der Waals surface area contributed by atoms with Gasteiger partial charge in [-0.25, -0.2) is 4.79 Å². The van der Waals surface area contributed by atoms with Gasteiger partial charge in [-0.15, -0.1) is 0 Å². The van der Waals surface area contributed by atoms with E-state index in [4.69, 9.17) is 13.9 Å². The maximum absolute atomic E-state index is 12.8. The zero-order valence-corrected chi connectivity index (χ0v) is 16.8. The van der Waals surface area contributed by atoms with E-state index in [0.717, 1.165) is 16.0 Å². The van der Waals surface area contributed by atoms with Gasteiger partial charge in [0.25, 0.3) is 5.91 Å². The van der Waals surface area contributed by atoms with Crippen LogP contribution in [0.5, 0.6) is 11.5 Å². The number of hydrogen-bond acceptors (Lipinski definition) is 6. The number of furan rings is 1. The van der Waals surface area contributed by atoms with Gasteiger partial charge in [0.2, 0.25) is 5.91 Å². The zero-order chi connectivity index (χ0) is 21.3. The SMILES string of the molecule is COc1cc2c(cc1OC)CN(C(=O)CC1NC(=O)N(Cc3ccco3)C1=O)CC2. The fraction of sp³-hybridized carbons (Fsp3) is 0.381. The Balaban J connectivity index is 1.41. The molecule has 1 saturated heterocycles. The number of hydrogen-bond donors (Lipinski definition) is 1. The highest BCUT2D eigenvalue weighted by Crippen LogP contribution is 2.33. The van der Waals surface area contributed by atoms with Crippen molar-refractivity contribution in [3.05, 3.63) is 47.4 Å². The van der Waals surface area contributed by atoms with Gasteiger partial charge in [-0.05, 0) is 41.8 Å². The topological polar surface area (TPSA) is 101 Å². The number of urea groups is 1. The number of fused-ring (bicyclic) bond motifs is 1. The fourth-order valence-corrected chi connectivity index (χ4v) is 3.82. The second kappa shape index (κ2) is 8.10. The van der Waals surface area contributed by atoms with Crippen molar-refractivity contribution in [1.82, 2.24) is 15.1 Å². The van der Waals surface area contributed by atoms with Crippen molar-refractivity contribution in [2.24, 2.45) is 0 Å². The number of amides is 4. The van der Waals surface area contributed by atoms with Crippen LogP contribution in [-0.2, 0) is 29.1 Å². The predicted molar refractivity (Wildman–Crippen MR) is 105 cm³/mol. The van der Waals surface area contributed by atoms with E-state index in [2.05, 4.69) is 5.32 Å².